The Bertz CT molecular complexity index is 877. The molecule has 1 atom stereocenters. The van der Waals surface area contributed by atoms with Crippen LogP contribution in [-0.2, 0) is 0 Å². The summed E-state index contributed by atoms with van der Waals surface area (Å²) in [4.78, 5) is 18.2. The molecule has 0 unspecified atom stereocenters. The Morgan fingerprint density at radius 3 is 2.40 bits per heavy atom. The molecule has 1 aromatic heterocycles. The first-order valence-electron chi connectivity index (χ1n) is 7.83. The van der Waals surface area contributed by atoms with Crippen LogP contribution in [0.3, 0.4) is 0 Å². The second kappa shape index (κ2) is 7.83. The lowest BCUT2D eigenvalue weighted by atomic mass is 10.0. The van der Waals surface area contributed by atoms with Gasteiger partial charge in [-0.05, 0) is 48.9 Å². The third-order valence-corrected chi connectivity index (χ3v) is 5.02. The number of hydrogen-bond acceptors (Lipinski definition) is 4. The van der Waals surface area contributed by atoms with E-state index in [9.17, 15) is 4.79 Å². The monoisotopic (exact) mass is 368 g/mol. The molecule has 0 fully saturated rings. The van der Waals surface area contributed by atoms with Crippen molar-refractivity contribution in [1.82, 2.24) is 4.98 Å². The van der Waals surface area contributed by atoms with Crippen molar-refractivity contribution >= 4 is 29.1 Å². The predicted octanol–water partition coefficient (Wildman–Crippen LogP) is 5.14. The van der Waals surface area contributed by atoms with E-state index in [0.717, 1.165) is 10.5 Å². The molecule has 2 N–H and O–H groups in total. The summed E-state index contributed by atoms with van der Waals surface area (Å²) in [6.07, 6.45) is 1.69. The molecule has 25 heavy (non-hydrogen) atoms. The Hall–Kier alpha value is -2.14. The number of halogens is 1. The molecule has 3 rings (SSSR count). The largest absolute Gasteiger partial charge is 0.324 e. The van der Waals surface area contributed by atoms with E-state index < -0.39 is 0 Å². The highest BCUT2D eigenvalue weighted by molar-refractivity contribution is 7.99. The summed E-state index contributed by atoms with van der Waals surface area (Å²) in [5, 5.41) is 1.35. The highest BCUT2D eigenvalue weighted by Gasteiger charge is 2.15. The van der Waals surface area contributed by atoms with Crippen molar-refractivity contribution in [2.45, 2.75) is 22.9 Å². The van der Waals surface area contributed by atoms with Crippen molar-refractivity contribution in [3.05, 3.63) is 88.6 Å². The lowest BCUT2D eigenvalue weighted by Crippen LogP contribution is -2.07. The maximum atomic E-state index is 12.9. The Morgan fingerprint density at radius 1 is 1.08 bits per heavy atom. The number of aromatic nitrogens is 1. The molecule has 0 aliphatic carbocycles. The van der Waals surface area contributed by atoms with Crippen molar-refractivity contribution in [1.29, 1.82) is 0 Å². The Labute approximate surface area is 156 Å². The smallest absolute Gasteiger partial charge is 0.195 e. The zero-order chi connectivity index (χ0) is 17.8. The molecule has 0 aliphatic rings. The van der Waals surface area contributed by atoms with Gasteiger partial charge in [0.1, 0.15) is 5.03 Å². The molecule has 5 heteroatoms. The molecule has 0 aliphatic heterocycles. The van der Waals surface area contributed by atoms with Crippen LogP contribution in [0.15, 0.2) is 76.8 Å². The van der Waals surface area contributed by atoms with Crippen LogP contribution in [0, 0.1) is 0 Å². The molecular weight excluding hydrogens is 352 g/mol. The number of carbonyl (C=O) groups is 1. The summed E-state index contributed by atoms with van der Waals surface area (Å²) >= 11 is 7.37. The maximum absolute atomic E-state index is 12.9. The van der Waals surface area contributed by atoms with Gasteiger partial charge in [0.15, 0.2) is 5.78 Å². The van der Waals surface area contributed by atoms with Crippen LogP contribution in [0.1, 0.15) is 34.5 Å². The maximum Gasteiger partial charge on any atom is 0.195 e. The first-order chi connectivity index (χ1) is 12.0. The van der Waals surface area contributed by atoms with Gasteiger partial charge >= 0.3 is 0 Å². The molecule has 0 amide bonds. The summed E-state index contributed by atoms with van der Waals surface area (Å²) in [6.45, 7) is 1.92. The zero-order valence-corrected chi connectivity index (χ0v) is 15.2. The van der Waals surface area contributed by atoms with Crippen molar-refractivity contribution in [3.8, 4) is 0 Å². The van der Waals surface area contributed by atoms with Gasteiger partial charge in [-0.25, -0.2) is 4.98 Å². The normalized spacial score (nSPS) is 12.0. The SMILES string of the molecule is C[C@H](N)c1ccc(C(=O)c2cccnc2Sc2ccc(Cl)cc2)cc1. The molecule has 0 spiro atoms. The topological polar surface area (TPSA) is 56.0 Å². The molecule has 1 heterocycles. The Kier molecular flexibility index (Phi) is 5.53. The zero-order valence-electron chi connectivity index (χ0n) is 13.6. The van der Waals surface area contributed by atoms with Gasteiger partial charge < -0.3 is 5.73 Å². The van der Waals surface area contributed by atoms with E-state index >= 15 is 0 Å². The summed E-state index contributed by atoms with van der Waals surface area (Å²) < 4.78 is 0. The van der Waals surface area contributed by atoms with Gasteiger partial charge in [-0.3, -0.25) is 4.79 Å². The number of carbonyl (C=O) groups excluding carboxylic acids is 1. The number of ketones is 1. The van der Waals surface area contributed by atoms with Gasteiger partial charge in [0.2, 0.25) is 0 Å². The minimum Gasteiger partial charge on any atom is -0.324 e. The third kappa shape index (κ3) is 4.28. The van der Waals surface area contributed by atoms with Crippen LogP contribution < -0.4 is 5.73 Å². The average Bonchev–Trinajstić information content (AvgIpc) is 2.63. The van der Waals surface area contributed by atoms with Gasteiger partial charge in [0, 0.05) is 27.7 Å². The number of nitrogens with zero attached hydrogens (tertiary/aromatic N) is 1. The number of rotatable bonds is 5. The molecule has 0 saturated carbocycles. The summed E-state index contributed by atoms with van der Waals surface area (Å²) in [5.74, 6) is -0.0548. The molecule has 0 bridgehead atoms. The molecular formula is C20H17ClN2OS. The van der Waals surface area contributed by atoms with E-state index in [2.05, 4.69) is 4.98 Å². The van der Waals surface area contributed by atoms with Crippen LogP contribution in [-0.4, -0.2) is 10.8 Å². The lowest BCUT2D eigenvalue weighted by molar-refractivity contribution is 0.103. The van der Waals surface area contributed by atoms with Gasteiger partial charge in [0.25, 0.3) is 0 Å². The quantitative estimate of drug-likeness (QED) is 0.634. The molecule has 3 nitrogen and oxygen atoms in total. The minimum absolute atomic E-state index is 0.0548. The minimum atomic E-state index is -0.0569. The summed E-state index contributed by atoms with van der Waals surface area (Å²) in [6, 6.07) is 18.4. The van der Waals surface area contributed by atoms with E-state index in [0.29, 0.717) is 21.2 Å². The predicted molar refractivity (Wildman–Crippen MR) is 102 cm³/mol. The van der Waals surface area contributed by atoms with Crippen LogP contribution in [0.2, 0.25) is 5.02 Å². The van der Waals surface area contributed by atoms with Crippen molar-refractivity contribution < 1.29 is 4.79 Å². The van der Waals surface area contributed by atoms with E-state index in [1.54, 1.807) is 18.3 Å². The van der Waals surface area contributed by atoms with E-state index in [4.69, 9.17) is 17.3 Å². The van der Waals surface area contributed by atoms with Gasteiger partial charge in [-0.1, -0.05) is 47.6 Å². The molecule has 0 radical (unpaired) electrons. The van der Waals surface area contributed by atoms with Gasteiger partial charge in [-0.15, -0.1) is 0 Å². The van der Waals surface area contributed by atoms with Gasteiger partial charge in [0.05, 0.1) is 5.56 Å². The van der Waals surface area contributed by atoms with Gasteiger partial charge in [-0.2, -0.15) is 0 Å². The van der Waals surface area contributed by atoms with Crippen LogP contribution in [0.4, 0.5) is 0 Å². The fourth-order valence-electron chi connectivity index (χ4n) is 2.35. The van der Waals surface area contributed by atoms with Crippen LogP contribution in [0.5, 0.6) is 0 Å². The average molecular weight is 369 g/mol. The lowest BCUT2D eigenvalue weighted by Gasteiger charge is -2.09. The highest BCUT2D eigenvalue weighted by atomic mass is 35.5. The number of nitrogens with two attached hydrogens (primary N) is 1. The Morgan fingerprint density at radius 2 is 1.76 bits per heavy atom. The number of hydrogen-bond donors (Lipinski definition) is 1. The van der Waals surface area contributed by atoms with Crippen molar-refractivity contribution in [3.63, 3.8) is 0 Å². The number of benzene rings is 2. The molecule has 126 valence electrons. The Balaban J connectivity index is 1.89. The second-order valence-corrected chi connectivity index (χ2v) is 7.15. The fraction of sp³-hybridized carbons (Fsp3) is 0.100. The first kappa shape index (κ1) is 17.7. The highest BCUT2D eigenvalue weighted by Crippen LogP contribution is 2.30. The second-order valence-electron chi connectivity index (χ2n) is 5.65. The van der Waals surface area contributed by atoms with Crippen molar-refractivity contribution in [2.24, 2.45) is 5.73 Å². The summed E-state index contributed by atoms with van der Waals surface area (Å²) in [7, 11) is 0. The first-order valence-corrected chi connectivity index (χ1v) is 9.03. The number of pyridine rings is 1. The van der Waals surface area contributed by atoms with Crippen LogP contribution >= 0.6 is 23.4 Å². The molecule has 2 aromatic carbocycles. The standard InChI is InChI=1S/C20H17ClN2OS/c1-13(22)14-4-6-15(7-5-14)19(24)18-3-2-12-23-20(18)25-17-10-8-16(21)9-11-17/h2-13H,22H2,1H3/t13-/m0/s1. The van der Waals surface area contributed by atoms with Crippen molar-refractivity contribution in [2.75, 3.05) is 0 Å². The van der Waals surface area contributed by atoms with E-state index in [-0.39, 0.29) is 11.8 Å². The van der Waals surface area contributed by atoms with Crippen LogP contribution in [0.25, 0.3) is 0 Å². The van der Waals surface area contributed by atoms with E-state index in [1.807, 2.05) is 55.5 Å². The van der Waals surface area contributed by atoms with E-state index in [1.165, 1.54) is 11.8 Å². The third-order valence-electron chi connectivity index (χ3n) is 3.74. The molecule has 0 saturated heterocycles. The summed E-state index contributed by atoms with van der Waals surface area (Å²) in [5.41, 5.74) is 8.06. The molecule has 3 aromatic rings. The fourth-order valence-corrected chi connectivity index (χ4v) is 3.36.